The number of nitrogens with one attached hydrogen (secondary N) is 1. The Kier molecular flexibility index (Phi) is 5.05. The molecule has 1 atom stereocenters. The molecule has 0 aliphatic rings. The molecule has 0 saturated carbocycles. The lowest BCUT2D eigenvalue weighted by Gasteiger charge is -2.13. The highest BCUT2D eigenvalue weighted by molar-refractivity contribution is 7.89. The quantitative estimate of drug-likeness (QED) is 0.870. The Labute approximate surface area is 131 Å². The van der Waals surface area contributed by atoms with Gasteiger partial charge in [0.2, 0.25) is 10.0 Å². The summed E-state index contributed by atoms with van der Waals surface area (Å²) in [5, 5.41) is 18.8. The maximum Gasteiger partial charge on any atom is 0.242 e. The molecule has 2 aromatic rings. The lowest BCUT2D eigenvalue weighted by Crippen LogP contribution is -2.29. The van der Waals surface area contributed by atoms with Crippen LogP contribution in [0.25, 0.3) is 0 Å². The first kappa shape index (κ1) is 17.0. The maximum atomic E-state index is 13.5. The van der Waals surface area contributed by atoms with E-state index in [1.165, 1.54) is 24.3 Å². The van der Waals surface area contributed by atoms with Gasteiger partial charge in [-0.15, -0.1) is 0 Å². The molecule has 23 heavy (non-hydrogen) atoms. The molecule has 8 heteroatoms. The van der Waals surface area contributed by atoms with E-state index < -0.39 is 44.8 Å². The number of hydrogen-bond donors (Lipinski definition) is 2. The zero-order chi connectivity index (χ0) is 17.0. The Hall–Kier alpha value is -2.34. The average molecular weight is 338 g/mol. The van der Waals surface area contributed by atoms with Crippen LogP contribution in [-0.4, -0.2) is 20.1 Å². The lowest BCUT2D eigenvalue weighted by atomic mass is 10.1. The summed E-state index contributed by atoms with van der Waals surface area (Å²) in [7, 11) is -4.18. The van der Waals surface area contributed by atoms with Crippen molar-refractivity contribution < 1.29 is 22.3 Å². The van der Waals surface area contributed by atoms with E-state index in [9.17, 15) is 22.3 Å². The van der Waals surface area contributed by atoms with Gasteiger partial charge in [-0.3, -0.25) is 0 Å². The van der Waals surface area contributed by atoms with Crippen LogP contribution in [0.5, 0.6) is 0 Å². The topological polar surface area (TPSA) is 90.2 Å². The SMILES string of the molecule is N#Cc1c(F)cccc1S(=O)(=O)NCC(O)c1ccc(F)cc1. The van der Waals surface area contributed by atoms with Crippen LogP contribution in [0.15, 0.2) is 47.4 Å². The van der Waals surface area contributed by atoms with Gasteiger partial charge in [-0.25, -0.2) is 21.9 Å². The van der Waals surface area contributed by atoms with E-state index in [1.54, 1.807) is 0 Å². The van der Waals surface area contributed by atoms with Crippen molar-refractivity contribution in [3.05, 3.63) is 65.2 Å². The molecule has 5 nitrogen and oxygen atoms in total. The van der Waals surface area contributed by atoms with E-state index in [-0.39, 0.29) is 0 Å². The minimum Gasteiger partial charge on any atom is -0.387 e. The molecule has 120 valence electrons. The van der Waals surface area contributed by atoms with Crippen LogP contribution in [0.4, 0.5) is 8.78 Å². The van der Waals surface area contributed by atoms with Crippen LogP contribution in [-0.2, 0) is 10.0 Å². The zero-order valence-electron chi connectivity index (χ0n) is 11.7. The summed E-state index contributed by atoms with van der Waals surface area (Å²) in [6.45, 7) is -0.407. The fourth-order valence-electron chi connectivity index (χ4n) is 1.91. The van der Waals surface area contributed by atoms with E-state index in [2.05, 4.69) is 4.72 Å². The molecule has 2 aromatic carbocycles. The Morgan fingerprint density at radius 1 is 1.17 bits per heavy atom. The molecule has 1 unspecified atom stereocenters. The van der Waals surface area contributed by atoms with Crippen LogP contribution >= 0.6 is 0 Å². The lowest BCUT2D eigenvalue weighted by molar-refractivity contribution is 0.182. The second-order valence-electron chi connectivity index (χ2n) is 4.64. The van der Waals surface area contributed by atoms with Crippen molar-refractivity contribution in [3.63, 3.8) is 0 Å². The van der Waals surface area contributed by atoms with Crippen molar-refractivity contribution in [2.24, 2.45) is 0 Å². The van der Waals surface area contributed by atoms with Crippen LogP contribution in [0.3, 0.4) is 0 Å². The minimum atomic E-state index is -4.18. The molecule has 0 spiro atoms. The van der Waals surface area contributed by atoms with Gasteiger partial charge in [0.15, 0.2) is 0 Å². The monoisotopic (exact) mass is 338 g/mol. The summed E-state index contributed by atoms with van der Waals surface area (Å²) in [5.41, 5.74) is -0.287. The van der Waals surface area contributed by atoms with Crippen molar-refractivity contribution in [1.82, 2.24) is 4.72 Å². The van der Waals surface area contributed by atoms with Crippen molar-refractivity contribution in [2.75, 3.05) is 6.54 Å². The number of halogens is 2. The van der Waals surface area contributed by atoms with Crippen molar-refractivity contribution >= 4 is 10.0 Å². The number of hydrogen-bond acceptors (Lipinski definition) is 4. The third kappa shape index (κ3) is 3.90. The van der Waals surface area contributed by atoms with Gasteiger partial charge in [-0.1, -0.05) is 18.2 Å². The molecule has 0 amide bonds. The molecule has 0 aliphatic carbocycles. The number of benzene rings is 2. The van der Waals surface area contributed by atoms with Crippen LogP contribution in [0, 0.1) is 23.0 Å². The Morgan fingerprint density at radius 2 is 1.83 bits per heavy atom. The molecule has 0 heterocycles. The van der Waals surface area contributed by atoms with E-state index in [4.69, 9.17) is 5.26 Å². The van der Waals surface area contributed by atoms with Crippen molar-refractivity contribution in [1.29, 1.82) is 5.26 Å². The molecule has 0 aromatic heterocycles. The Morgan fingerprint density at radius 3 is 2.43 bits per heavy atom. The Bertz CT molecular complexity index is 846. The van der Waals surface area contributed by atoms with Gasteiger partial charge >= 0.3 is 0 Å². The minimum absolute atomic E-state index is 0.314. The second-order valence-corrected chi connectivity index (χ2v) is 6.38. The smallest absolute Gasteiger partial charge is 0.242 e. The highest BCUT2D eigenvalue weighted by atomic mass is 32.2. The van der Waals surface area contributed by atoms with Gasteiger partial charge in [0, 0.05) is 6.54 Å². The fourth-order valence-corrected chi connectivity index (χ4v) is 3.11. The van der Waals surface area contributed by atoms with Gasteiger partial charge in [-0.2, -0.15) is 5.26 Å². The summed E-state index contributed by atoms with van der Waals surface area (Å²) in [6.07, 6.45) is -1.22. The third-order valence-electron chi connectivity index (χ3n) is 3.10. The predicted molar refractivity (Wildman–Crippen MR) is 77.7 cm³/mol. The van der Waals surface area contributed by atoms with Gasteiger partial charge < -0.3 is 5.11 Å². The number of aliphatic hydroxyl groups excluding tert-OH is 1. The van der Waals surface area contributed by atoms with Gasteiger partial charge in [0.05, 0.1) is 6.10 Å². The normalized spacial score (nSPS) is 12.6. The number of nitriles is 1. The molecule has 0 aliphatic heterocycles. The highest BCUT2D eigenvalue weighted by Gasteiger charge is 2.22. The molecular weight excluding hydrogens is 326 g/mol. The van der Waals surface area contributed by atoms with Crippen LogP contribution < -0.4 is 4.72 Å². The van der Waals surface area contributed by atoms with E-state index in [0.29, 0.717) is 5.56 Å². The zero-order valence-corrected chi connectivity index (χ0v) is 12.5. The first-order chi connectivity index (χ1) is 10.8. The molecular formula is C15H12F2N2O3S. The molecule has 2 rings (SSSR count). The number of aliphatic hydroxyl groups is 1. The number of rotatable bonds is 5. The summed E-state index contributed by atoms with van der Waals surface area (Å²) in [6, 6.07) is 9.63. The fraction of sp³-hybridized carbons (Fsp3) is 0.133. The number of nitrogens with zero attached hydrogens (tertiary/aromatic N) is 1. The Balaban J connectivity index is 2.18. The number of sulfonamides is 1. The molecule has 0 radical (unpaired) electrons. The summed E-state index contributed by atoms with van der Waals surface area (Å²) in [4.78, 5) is -0.508. The maximum absolute atomic E-state index is 13.5. The first-order valence-electron chi connectivity index (χ1n) is 6.47. The molecule has 0 bridgehead atoms. The summed E-state index contributed by atoms with van der Waals surface area (Å²) in [5.74, 6) is -1.44. The average Bonchev–Trinajstić information content (AvgIpc) is 2.53. The molecule has 0 saturated heterocycles. The predicted octanol–water partition coefficient (Wildman–Crippen LogP) is 1.85. The van der Waals surface area contributed by atoms with Crippen molar-refractivity contribution in [3.8, 4) is 6.07 Å². The molecule has 2 N–H and O–H groups in total. The van der Waals surface area contributed by atoms with E-state index >= 15 is 0 Å². The highest BCUT2D eigenvalue weighted by Crippen LogP contribution is 2.19. The summed E-state index contributed by atoms with van der Waals surface area (Å²) < 4.78 is 52.7. The standard InChI is InChI=1S/C15H12F2N2O3S/c16-11-6-4-10(5-7-11)14(20)9-19-23(21,22)15-3-1-2-13(17)12(15)8-18/h1-7,14,19-20H,9H2. The summed E-state index contributed by atoms with van der Waals surface area (Å²) >= 11 is 0. The van der Waals surface area contributed by atoms with Crippen LogP contribution in [0.2, 0.25) is 0 Å². The van der Waals surface area contributed by atoms with Crippen LogP contribution in [0.1, 0.15) is 17.2 Å². The largest absolute Gasteiger partial charge is 0.387 e. The second kappa shape index (κ2) is 6.83. The molecule has 0 fully saturated rings. The third-order valence-corrected chi connectivity index (χ3v) is 4.56. The van der Waals surface area contributed by atoms with Gasteiger partial charge in [0.25, 0.3) is 0 Å². The van der Waals surface area contributed by atoms with Crippen molar-refractivity contribution in [2.45, 2.75) is 11.0 Å². The van der Waals surface area contributed by atoms with E-state index in [0.717, 1.165) is 24.3 Å². The van der Waals surface area contributed by atoms with Gasteiger partial charge in [0.1, 0.15) is 28.2 Å². The van der Waals surface area contributed by atoms with E-state index in [1.807, 2.05) is 0 Å². The first-order valence-corrected chi connectivity index (χ1v) is 7.95. The van der Waals surface area contributed by atoms with Gasteiger partial charge in [-0.05, 0) is 29.8 Å².